The maximum Gasteiger partial charge on any atom is 0.262 e. The molecular weight excluding hydrogens is 480 g/mol. The number of benzene rings is 3. The van der Waals surface area contributed by atoms with E-state index in [4.69, 9.17) is 5.10 Å². The highest BCUT2D eigenvalue weighted by Gasteiger charge is 2.39. The summed E-state index contributed by atoms with van der Waals surface area (Å²) in [7, 11) is 0. The summed E-state index contributed by atoms with van der Waals surface area (Å²) in [6.45, 7) is 6.18. The molecule has 0 spiro atoms. The van der Waals surface area contributed by atoms with Gasteiger partial charge in [0, 0.05) is 18.5 Å². The molecule has 2 aliphatic heterocycles. The molecule has 188 valence electrons. The fourth-order valence-corrected chi connectivity index (χ4v) is 5.59. The summed E-state index contributed by atoms with van der Waals surface area (Å²) < 4.78 is 0. The van der Waals surface area contributed by atoms with Gasteiger partial charge in [0.15, 0.2) is 5.17 Å². The molecule has 7 heteroatoms. The number of amidine groups is 1. The topological polar surface area (TPSA) is 74.1 Å². The van der Waals surface area contributed by atoms with Crippen LogP contribution in [0.3, 0.4) is 0 Å². The molecule has 0 bridgehead atoms. The molecule has 0 aromatic heterocycles. The van der Waals surface area contributed by atoms with E-state index in [1.807, 2.05) is 67.4 Å². The van der Waals surface area contributed by atoms with Gasteiger partial charge in [-0.1, -0.05) is 79.3 Å². The number of hydrogen-bond donors (Lipinski definition) is 1. The second-order valence-electron chi connectivity index (χ2n) is 9.46. The monoisotopic (exact) mass is 510 g/mol. The molecule has 3 aromatic rings. The molecule has 2 aliphatic rings. The Labute approximate surface area is 221 Å². The number of amides is 2. The number of aryl methyl sites for hydroxylation is 3. The van der Waals surface area contributed by atoms with Crippen LogP contribution in [0.15, 0.2) is 82.9 Å². The van der Waals surface area contributed by atoms with Gasteiger partial charge >= 0.3 is 0 Å². The Balaban J connectivity index is 1.34. The van der Waals surface area contributed by atoms with Gasteiger partial charge in [-0.25, -0.2) is 5.01 Å². The Kier molecular flexibility index (Phi) is 7.24. The van der Waals surface area contributed by atoms with Crippen molar-refractivity contribution < 1.29 is 9.59 Å². The summed E-state index contributed by atoms with van der Waals surface area (Å²) in [6, 6.07) is 24.4. The zero-order chi connectivity index (χ0) is 25.9. The van der Waals surface area contributed by atoms with E-state index in [-0.39, 0.29) is 24.3 Å². The van der Waals surface area contributed by atoms with Crippen LogP contribution in [-0.2, 0) is 16.0 Å². The van der Waals surface area contributed by atoms with Gasteiger partial charge in [-0.3, -0.25) is 9.59 Å². The number of thioether (sulfide) groups is 1. The van der Waals surface area contributed by atoms with Gasteiger partial charge in [0.1, 0.15) is 5.25 Å². The maximum absolute atomic E-state index is 12.8. The number of carbonyl (C=O) groups excluding carboxylic acids is 2. The Hall–Kier alpha value is -3.71. The van der Waals surface area contributed by atoms with Crippen molar-refractivity contribution in [1.82, 2.24) is 5.01 Å². The van der Waals surface area contributed by atoms with Crippen LogP contribution in [0.1, 0.15) is 53.6 Å². The van der Waals surface area contributed by atoms with Crippen LogP contribution in [0, 0.1) is 13.8 Å². The Bertz CT molecular complexity index is 1380. The van der Waals surface area contributed by atoms with E-state index in [1.54, 1.807) is 0 Å². The lowest BCUT2D eigenvalue weighted by Crippen LogP contribution is -2.25. The predicted molar refractivity (Wildman–Crippen MR) is 151 cm³/mol. The second kappa shape index (κ2) is 10.7. The SMILES string of the molecule is CCc1ccc([C@H]2CC(c3ccccc3)=NN2C2=NC(=O)[C@@H](CC(=O)Nc3ccc(C)c(C)c3)S2)cc1. The number of rotatable bonds is 6. The van der Waals surface area contributed by atoms with Crippen LogP contribution >= 0.6 is 11.8 Å². The number of hydrazone groups is 1. The minimum absolute atomic E-state index is 0.0579. The quantitative estimate of drug-likeness (QED) is 0.439. The molecule has 0 saturated carbocycles. The first-order chi connectivity index (χ1) is 17.9. The van der Waals surface area contributed by atoms with Crippen molar-refractivity contribution in [2.75, 3.05) is 5.32 Å². The fourth-order valence-electron chi connectivity index (χ4n) is 4.53. The van der Waals surface area contributed by atoms with E-state index >= 15 is 0 Å². The van der Waals surface area contributed by atoms with Crippen molar-refractivity contribution in [3.8, 4) is 0 Å². The highest BCUT2D eigenvalue weighted by molar-refractivity contribution is 8.15. The molecule has 1 N–H and O–H groups in total. The van der Waals surface area contributed by atoms with Crippen LogP contribution in [0.5, 0.6) is 0 Å². The van der Waals surface area contributed by atoms with E-state index in [1.165, 1.54) is 17.3 Å². The highest BCUT2D eigenvalue weighted by Crippen LogP contribution is 2.38. The first-order valence-corrected chi connectivity index (χ1v) is 13.5. The molecule has 0 radical (unpaired) electrons. The molecule has 2 atom stereocenters. The third kappa shape index (κ3) is 5.52. The standard InChI is InChI=1S/C30H30N4O2S/c1-4-21-11-13-23(14-12-21)26-17-25(22-8-6-5-7-9-22)33-34(26)30-32-29(36)27(37-30)18-28(35)31-24-15-10-19(2)20(3)16-24/h5-16,26-27H,4,17-18H2,1-3H3,(H,31,35)/t26-,27-/m1/s1. The molecule has 2 amide bonds. The zero-order valence-corrected chi connectivity index (χ0v) is 22.1. The average Bonchev–Trinajstić information content (AvgIpc) is 3.51. The Morgan fingerprint density at radius 1 is 1.03 bits per heavy atom. The summed E-state index contributed by atoms with van der Waals surface area (Å²) in [4.78, 5) is 30.0. The summed E-state index contributed by atoms with van der Waals surface area (Å²) >= 11 is 1.32. The van der Waals surface area contributed by atoms with E-state index < -0.39 is 5.25 Å². The lowest BCUT2D eigenvalue weighted by atomic mass is 9.97. The predicted octanol–water partition coefficient (Wildman–Crippen LogP) is 6.04. The van der Waals surface area contributed by atoms with Gasteiger partial charge < -0.3 is 5.32 Å². The van der Waals surface area contributed by atoms with Crippen molar-refractivity contribution in [2.24, 2.45) is 10.1 Å². The third-order valence-corrected chi connectivity index (χ3v) is 8.02. The van der Waals surface area contributed by atoms with E-state index in [0.29, 0.717) is 11.6 Å². The van der Waals surface area contributed by atoms with Gasteiger partial charge in [-0.05, 0) is 60.2 Å². The number of hydrogen-bond acceptors (Lipinski definition) is 5. The largest absolute Gasteiger partial charge is 0.326 e. The third-order valence-electron chi connectivity index (χ3n) is 6.88. The number of carbonyl (C=O) groups is 2. The summed E-state index contributed by atoms with van der Waals surface area (Å²) in [6.07, 6.45) is 1.74. The van der Waals surface area contributed by atoms with E-state index in [0.717, 1.165) is 40.1 Å². The van der Waals surface area contributed by atoms with Crippen molar-refractivity contribution in [3.05, 3.63) is 101 Å². The molecule has 0 aliphatic carbocycles. The summed E-state index contributed by atoms with van der Waals surface area (Å²) in [5, 5.41) is 9.68. The smallest absolute Gasteiger partial charge is 0.262 e. The summed E-state index contributed by atoms with van der Waals surface area (Å²) in [5.74, 6) is -0.495. The van der Waals surface area contributed by atoms with Crippen molar-refractivity contribution in [3.63, 3.8) is 0 Å². The second-order valence-corrected chi connectivity index (χ2v) is 10.6. The summed E-state index contributed by atoms with van der Waals surface area (Å²) in [5.41, 5.74) is 7.41. The van der Waals surface area contributed by atoms with Gasteiger partial charge in [0.05, 0.1) is 11.8 Å². The van der Waals surface area contributed by atoms with Crippen molar-refractivity contribution in [1.29, 1.82) is 0 Å². The van der Waals surface area contributed by atoms with Crippen LogP contribution in [0.2, 0.25) is 0 Å². The van der Waals surface area contributed by atoms with E-state index in [2.05, 4.69) is 41.5 Å². The molecule has 3 aromatic carbocycles. The average molecular weight is 511 g/mol. The van der Waals surface area contributed by atoms with Gasteiger partial charge in [0.25, 0.3) is 5.91 Å². The minimum Gasteiger partial charge on any atom is -0.326 e. The van der Waals surface area contributed by atoms with Gasteiger partial charge in [0.2, 0.25) is 5.91 Å². The maximum atomic E-state index is 12.8. The molecule has 0 saturated heterocycles. The van der Waals surface area contributed by atoms with Crippen LogP contribution in [0.4, 0.5) is 5.69 Å². The first kappa shape index (κ1) is 25.0. The van der Waals surface area contributed by atoms with Crippen LogP contribution in [-0.4, -0.2) is 33.0 Å². The highest BCUT2D eigenvalue weighted by atomic mass is 32.2. The molecule has 6 nitrogen and oxygen atoms in total. The number of anilines is 1. The normalized spacial score (nSPS) is 19.1. The molecule has 5 rings (SSSR count). The molecule has 0 fully saturated rings. The molecule has 2 heterocycles. The fraction of sp³-hybridized carbons (Fsp3) is 0.267. The van der Waals surface area contributed by atoms with Gasteiger partial charge in [-0.15, -0.1) is 0 Å². The van der Waals surface area contributed by atoms with Crippen LogP contribution < -0.4 is 5.32 Å². The Morgan fingerprint density at radius 3 is 2.49 bits per heavy atom. The minimum atomic E-state index is -0.569. The lowest BCUT2D eigenvalue weighted by Gasteiger charge is -2.23. The van der Waals surface area contributed by atoms with Crippen molar-refractivity contribution >= 4 is 40.1 Å². The number of aliphatic imine (C=N–C) groups is 1. The molecule has 0 unspecified atom stereocenters. The lowest BCUT2D eigenvalue weighted by molar-refractivity contribution is -0.121. The Morgan fingerprint density at radius 2 is 1.78 bits per heavy atom. The van der Waals surface area contributed by atoms with E-state index in [9.17, 15) is 9.59 Å². The molecular formula is C30H30N4O2S. The van der Waals surface area contributed by atoms with Gasteiger partial charge in [-0.2, -0.15) is 10.1 Å². The number of nitrogens with one attached hydrogen (secondary N) is 1. The zero-order valence-electron chi connectivity index (χ0n) is 21.3. The first-order valence-electron chi connectivity index (χ1n) is 12.6. The molecule has 37 heavy (non-hydrogen) atoms. The van der Waals surface area contributed by atoms with Crippen molar-refractivity contribution in [2.45, 2.75) is 51.3 Å². The van der Waals surface area contributed by atoms with Crippen LogP contribution in [0.25, 0.3) is 0 Å². The number of nitrogens with zero attached hydrogens (tertiary/aromatic N) is 3.